The predicted molar refractivity (Wildman–Crippen MR) is 69.1 cm³/mol. The van der Waals surface area contributed by atoms with Gasteiger partial charge in [0.2, 0.25) is 5.91 Å². The summed E-state index contributed by atoms with van der Waals surface area (Å²) in [6.07, 6.45) is 0.196. The third-order valence-corrected chi connectivity index (χ3v) is 2.55. The Bertz CT molecular complexity index is 482. The fraction of sp³-hybridized carbons (Fsp3) is 0.364. The van der Waals surface area contributed by atoms with E-state index in [0.717, 1.165) is 5.56 Å². The van der Waals surface area contributed by atoms with Crippen molar-refractivity contribution in [2.75, 3.05) is 6.54 Å². The number of nitrogens with zero attached hydrogens (tertiary/aromatic N) is 1. The number of H-pyrrole nitrogens is 1. The number of carbonyl (C=O) groups excluding carboxylic acids is 1. The van der Waals surface area contributed by atoms with Gasteiger partial charge in [-0.15, -0.1) is 0 Å². The monoisotopic (exact) mass is 299 g/mol. The molecule has 0 fully saturated rings. The summed E-state index contributed by atoms with van der Waals surface area (Å²) < 4.78 is 0.707. The molecule has 0 aliphatic heterocycles. The van der Waals surface area contributed by atoms with Crippen LogP contribution in [0.2, 0.25) is 0 Å². The van der Waals surface area contributed by atoms with Crippen LogP contribution in [-0.4, -0.2) is 22.4 Å². The number of aromatic amines is 1. The third kappa shape index (κ3) is 4.14. The second-order valence-electron chi connectivity index (χ2n) is 3.70. The number of aryl methyl sites for hydroxylation is 2. The Morgan fingerprint density at radius 3 is 2.71 bits per heavy atom. The number of aromatic nitrogens is 2. The molecule has 1 rings (SSSR count). The minimum Gasteiger partial charge on any atom is -0.351 e. The highest BCUT2D eigenvalue weighted by molar-refractivity contribution is 9.11. The fourth-order valence-corrected chi connectivity index (χ4v) is 1.57. The van der Waals surface area contributed by atoms with Crippen LogP contribution < -0.4 is 11.0 Å². The van der Waals surface area contributed by atoms with Gasteiger partial charge in [0, 0.05) is 28.0 Å². The zero-order chi connectivity index (χ0) is 13.0. The minimum atomic E-state index is -0.391. The zero-order valence-corrected chi connectivity index (χ0v) is 11.3. The second-order valence-corrected chi connectivity index (χ2v) is 4.82. The third-order valence-electron chi connectivity index (χ3n) is 2.27. The van der Waals surface area contributed by atoms with Crippen molar-refractivity contribution >= 4 is 21.8 Å². The van der Waals surface area contributed by atoms with E-state index in [-0.39, 0.29) is 12.3 Å². The molecule has 1 aromatic heterocycles. The lowest BCUT2D eigenvalue weighted by Gasteiger charge is -2.08. The Morgan fingerprint density at radius 2 is 2.18 bits per heavy atom. The number of nitrogens with one attached hydrogen (secondary N) is 2. The van der Waals surface area contributed by atoms with E-state index in [9.17, 15) is 9.59 Å². The predicted octanol–water partition coefficient (Wildman–Crippen LogP) is 0.954. The van der Waals surface area contributed by atoms with E-state index in [1.54, 1.807) is 13.8 Å². The number of amides is 1. The van der Waals surface area contributed by atoms with Crippen LogP contribution in [0, 0.1) is 13.8 Å². The van der Waals surface area contributed by atoms with Crippen molar-refractivity contribution in [2.45, 2.75) is 20.3 Å². The van der Waals surface area contributed by atoms with Crippen LogP contribution in [0.1, 0.15) is 17.0 Å². The summed E-state index contributed by atoms with van der Waals surface area (Å²) in [5, 5.41) is 2.69. The Morgan fingerprint density at radius 1 is 1.53 bits per heavy atom. The van der Waals surface area contributed by atoms with Gasteiger partial charge in [0.1, 0.15) is 0 Å². The number of halogens is 1. The van der Waals surface area contributed by atoms with Gasteiger partial charge in [-0.25, -0.2) is 4.79 Å². The first kappa shape index (κ1) is 13.6. The lowest BCUT2D eigenvalue weighted by molar-refractivity contribution is -0.120. The van der Waals surface area contributed by atoms with E-state index >= 15 is 0 Å². The van der Waals surface area contributed by atoms with Gasteiger partial charge in [-0.2, -0.15) is 4.98 Å². The molecule has 92 valence electrons. The highest BCUT2D eigenvalue weighted by Gasteiger charge is 2.10. The van der Waals surface area contributed by atoms with Gasteiger partial charge < -0.3 is 10.3 Å². The van der Waals surface area contributed by atoms with E-state index in [1.807, 2.05) is 0 Å². The van der Waals surface area contributed by atoms with Crippen molar-refractivity contribution in [1.29, 1.82) is 0 Å². The highest BCUT2D eigenvalue weighted by Crippen LogP contribution is 2.07. The van der Waals surface area contributed by atoms with E-state index in [4.69, 9.17) is 0 Å². The van der Waals surface area contributed by atoms with Gasteiger partial charge >= 0.3 is 5.69 Å². The first-order chi connectivity index (χ1) is 7.90. The Balaban J connectivity index is 2.78. The van der Waals surface area contributed by atoms with Crippen molar-refractivity contribution in [1.82, 2.24) is 15.3 Å². The second kappa shape index (κ2) is 5.77. The molecule has 1 amide bonds. The van der Waals surface area contributed by atoms with E-state index in [0.29, 0.717) is 22.4 Å². The largest absolute Gasteiger partial charge is 0.351 e. The standard InChI is InChI=1S/C11H14BrN3O2/c1-6(12)5-13-10(16)4-9-7(2)14-11(17)15-8(9)3/h1,4-5H2,2-3H3,(H,13,16)(H,14,15,17). The average molecular weight is 300 g/mol. The van der Waals surface area contributed by atoms with Crippen molar-refractivity contribution < 1.29 is 4.79 Å². The molecule has 0 saturated heterocycles. The van der Waals surface area contributed by atoms with Crippen molar-refractivity contribution in [3.05, 3.63) is 38.5 Å². The molecule has 0 spiro atoms. The lowest BCUT2D eigenvalue weighted by Crippen LogP contribution is -2.28. The van der Waals surface area contributed by atoms with Crippen LogP contribution in [-0.2, 0) is 11.2 Å². The van der Waals surface area contributed by atoms with E-state index in [2.05, 4.69) is 37.8 Å². The van der Waals surface area contributed by atoms with Gasteiger partial charge in [-0.05, 0) is 13.8 Å². The molecule has 5 nitrogen and oxygen atoms in total. The summed E-state index contributed by atoms with van der Waals surface area (Å²) in [5.41, 5.74) is 1.62. The van der Waals surface area contributed by atoms with Gasteiger partial charge in [-0.3, -0.25) is 4.79 Å². The fourth-order valence-electron chi connectivity index (χ4n) is 1.43. The van der Waals surface area contributed by atoms with Crippen LogP contribution in [0.5, 0.6) is 0 Å². The Hall–Kier alpha value is -1.43. The molecule has 0 aliphatic rings. The maximum Gasteiger partial charge on any atom is 0.345 e. The van der Waals surface area contributed by atoms with E-state index < -0.39 is 5.69 Å². The first-order valence-corrected chi connectivity index (χ1v) is 5.86. The summed E-state index contributed by atoms with van der Waals surface area (Å²) in [6, 6.07) is 0. The van der Waals surface area contributed by atoms with Crippen LogP contribution in [0.4, 0.5) is 0 Å². The van der Waals surface area contributed by atoms with Crippen molar-refractivity contribution in [2.24, 2.45) is 0 Å². The van der Waals surface area contributed by atoms with Crippen molar-refractivity contribution in [3.63, 3.8) is 0 Å². The van der Waals surface area contributed by atoms with Gasteiger partial charge in [0.25, 0.3) is 0 Å². The normalized spacial score (nSPS) is 10.1. The maximum atomic E-state index is 11.6. The lowest BCUT2D eigenvalue weighted by atomic mass is 10.1. The summed E-state index contributed by atoms with van der Waals surface area (Å²) in [5.74, 6) is -0.134. The van der Waals surface area contributed by atoms with E-state index in [1.165, 1.54) is 0 Å². The van der Waals surface area contributed by atoms with Gasteiger partial charge in [0.15, 0.2) is 0 Å². The number of hydrogen-bond acceptors (Lipinski definition) is 3. The molecule has 0 atom stereocenters. The summed E-state index contributed by atoms with van der Waals surface area (Å²) in [7, 11) is 0. The van der Waals surface area contributed by atoms with Crippen LogP contribution >= 0.6 is 15.9 Å². The molecule has 17 heavy (non-hydrogen) atoms. The number of carbonyl (C=O) groups is 1. The average Bonchev–Trinajstić information content (AvgIpc) is 2.20. The Kier molecular flexibility index (Phi) is 4.62. The molecule has 2 N–H and O–H groups in total. The van der Waals surface area contributed by atoms with Crippen LogP contribution in [0.15, 0.2) is 15.9 Å². The molecular weight excluding hydrogens is 286 g/mol. The maximum absolute atomic E-state index is 11.6. The van der Waals surface area contributed by atoms with Crippen LogP contribution in [0.25, 0.3) is 0 Å². The topological polar surface area (TPSA) is 74.8 Å². The van der Waals surface area contributed by atoms with Crippen molar-refractivity contribution in [3.8, 4) is 0 Å². The zero-order valence-electron chi connectivity index (χ0n) is 9.76. The smallest absolute Gasteiger partial charge is 0.345 e. The molecule has 1 heterocycles. The summed E-state index contributed by atoms with van der Waals surface area (Å²) in [4.78, 5) is 29.0. The Labute approximate surface area is 107 Å². The molecule has 0 radical (unpaired) electrons. The molecule has 0 saturated carbocycles. The van der Waals surface area contributed by atoms with Gasteiger partial charge in [-0.1, -0.05) is 22.5 Å². The first-order valence-electron chi connectivity index (χ1n) is 5.06. The van der Waals surface area contributed by atoms with Crippen LogP contribution in [0.3, 0.4) is 0 Å². The molecule has 1 aromatic rings. The SMILES string of the molecule is C=C(Br)CNC(=O)Cc1c(C)nc(=O)[nH]c1C. The minimum absolute atomic E-state index is 0.134. The molecule has 0 aromatic carbocycles. The summed E-state index contributed by atoms with van der Waals surface area (Å²) in [6.45, 7) is 7.47. The van der Waals surface area contributed by atoms with Gasteiger partial charge in [0.05, 0.1) is 6.42 Å². The molecular formula is C11H14BrN3O2. The summed E-state index contributed by atoms with van der Waals surface area (Å²) >= 11 is 3.16. The number of hydrogen-bond donors (Lipinski definition) is 2. The highest BCUT2D eigenvalue weighted by atomic mass is 79.9. The molecule has 6 heteroatoms. The molecule has 0 aliphatic carbocycles. The number of rotatable bonds is 4. The quantitative estimate of drug-likeness (QED) is 0.869. The molecule has 0 unspecified atom stereocenters. The molecule has 0 bridgehead atoms.